The molecule has 2 aromatic carbocycles. The third kappa shape index (κ3) is 3.85. The van der Waals surface area contributed by atoms with E-state index < -0.39 is 5.82 Å². The first-order valence-corrected chi connectivity index (χ1v) is 8.31. The Labute approximate surface area is 145 Å². The summed E-state index contributed by atoms with van der Waals surface area (Å²) >= 11 is 0. The molecule has 1 heterocycles. The predicted molar refractivity (Wildman–Crippen MR) is 98.2 cm³/mol. The van der Waals surface area contributed by atoms with Crippen LogP contribution in [0.3, 0.4) is 0 Å². The summed E-state index contributed by atoms with van der Waals surface area (Å²) in [5, 5.41) is 17.6. The Morgan fingerprint density at radius 3 is 2.76 bits per heavy atom. The molecule has 3 rings (SSSR count). The van der Waals surface area contributed by atoms with Crippen molar-refractivity contribution in [1.29, 1.82) is 0 Å². The molecule has 1 unspecified atom stereocenters. The molecular weight excluding hydrogens is 319 g/mol. The average molecular weight is 340 g/mol. The third-order valence-corrected chi connectivity index (χ3v) is 3.89. The average Bonchev–Trinajstić information content (AvgIpc) is 2.62. The maximum atomic E-state index is 13.6. The van der Waals surface area contributed by atoms with Crippen molar-refractivity contribution in [3.8, 4) is 17.1 Å². The van der Waals surface area contributed by atoms with Crippen LogP contribution < -0.4 is 10.6 Å². The quantitative estimate of drug-likeness (QED) is 0.640. The summed E-state index contributed by atoms with van der Waals surface area (Å²) in [4.78, 5) is 9.03. The second kappa shape index (κ2) is 7.44. The minimum absolute atomic E-state index is 0.0525. The number of halogens is 1. The maximum absolute atomic E-state index is 13.6. The molecule has 6 heteroatoms. The summed E-state index contributed by atoms with van der Waals surface area (Å²) in [7, 11) is 0. The number of fused-ring (bicyclic) bond motifs is 1. The van der Waals surface area contributed by atoms with Crippen molar-refractivity contribution in [2.45, 2.75) is 19.9 Å². The summed E-state index contributed by atoms with van der Waals surface area (Å²) in [5.41, 5.74) is 1.00. The van der Waals surface area contributed by atoms with Crippen molar-refractivity contribution in [3.63, 3.8) is 0 Å². The molecule has 0 bridgehead atoms. The first kappa shape index (κ1) is 17.1. The van der Waals surface area contributed by atoms with Crippen molar-refractivity contribution < 1.29 is 9.50 Å². The third-order valence-electron chi connectivity index (χ3n) is 3.89. The molecule has 25 heavy (non-hydrogen) atoms. The number of phenols is 1. The summed E-state index contributed by atoms with van der Waals surface area (Å²) in [6, 6.07) is 11.5. The van der Waals surface area contributed by atoms with Crippen LogP contribution in [-0.4, -0.2) is 34.2 Å². The van der Waals surface area contributed by atoms with Gasteiger partial charge in [-0.2, -0.15) is 0 Å². The molecule has 0 fully saturated rings. The highest BCUT2D eigenvalue weighted by atomic mass is 19.1. The van der Waals surface area contributed by atoms with E-state index in [1.54, 1.807) is 0 Å². The Morgan fingerprint density at radius 2 is 1.96 bits per heavy atom. The van der Waals surface area contributed by atoms with Gasteiger partial charge in [0.25, 0.3) is 0 Å². The van der Waals surface area contributed by atoms with Crippen LogP contribution in [0.4, 0.5) is 10.2 Å². The monoisotopic (exact) mass is 340 g/mol. The van der Waals surface area contributed by atoms with Crippen LogP contribution in [0, 0.1) is 5.82 Å². The van der Waals surface area contributed by atoms with E-state index in [1.807, 2.05) is 24.3 Å². The van der Waals surface area contributed by atoms with Gasteiger partial charge in [0.1, 0.15) is 17.4 Å². The number of anilines is 1. The lowest BCUT2D eigenvalue weighted by atomic mass is 10.1. The Morgan fingerprint density at radius 1 is 1.16 bits per heavy atom. The molecule has 3 aromatic rings. The van der Waals surface area contributed by atoms with Gasteiger partial charge in [0, 0.05) is 18.0 Å². The van der Waals surface area contributed by atoms with Gasteiger partial charge in [-0.25, -0.2) is 14.4 Å². The van der Waals surface area contributed by atoms with E-state index in [0.29, 0.717) is 5.82 Å². The normalized spacial score (nSPS) is 12.3. The summed E-state index contributed by atoms with van der Waals surface area (Å²) in [5.74, 6) is 0.450. The van der Waals surface area contributed by atoms with Gasteiger partial charge in [-0.05, 0) is 43.8 Å². The predicted octanol–water partition coefficient (Wildman–Crippen LogP) is 3.55. The SMILES string of the molecule is CCNCC(C)Nc1nc(-c2cc(F)ccc2O)nc2ccccc12. The van der Waals surface area contributed by atoms with Gasteiger partial charge in [-0.15, -0.1) is 0 Å². The topological polar surface area (TPSA) is 70.1 Å². The zero-order valence-electron chi connectivity index (χ0n) is 14.3. The van der Waals surface area contributed by atoms with Crippen molar-refractivity contribution in [1.82, 2.24) is 15.3 Å². The number of aromatic hydroxyl groups is 1. The van der Waals surface area contributed by atoms with Crippen LogP contribution in [0.2, 0.25) is 0 Å². The number of rotatable bonds is 6. The lowest BCUT2D eigenvalue weighted by molar-refractivity contribution is 0.475. The molecule has 0 aliphatic carbocycles. The second-order valence-corrected chi connectivity index (χ2v) is 5.93. The van der Waals surface area contributed by atoms with Crippen LogP contribution in [0.15, 0.2) is 42.5 Å². The highest BCUT2D eigenvalue weighted by molar-refractivity contribution is 5.91. The number of nitrogens with one attached hydrogen (secondary N) is 2. The zero-order valence-corrected chi connectivity index (χ0v) is 14.3. The molecule has 0 spiro atoms. The molecule has 130 valence electrons. The molecule has 0 aliphatic rings. The van der Waals surface area contributed by atoms with Gasteiger partial charge in [-0.3, -0.25) is 0 Å². The van der Waals surface area contributed by atoms with Crippen molar-refractivity contribution in [2.75, 3.05) is 18.4 Å². The fourth-order valence-electron chi connectivity index (χ4n) is 2.64. The van der Waals surface area contributed by atoms with Crippen LogP contribution in [0.1, 0.15) is 13.8 Å². The van der Waals surface area contributed by atoms with E-state index in [4.69, 9.17) is 0 Å². The van der Waals surface area contributed by atoms with E-state index in [9.17, 15) is 9.50 Å². The first-order valence-electron chi connectivity index (χ1n) is 8.31. The van der Waals surface area contributed by atoms with E-state index in [2.05, 4.69) is 34.4 Å². The summed E-state index contributed by atoms with van der Waals surface area (Å²) in [6.45, 7) is 5.78. The Hall–Kier alpha value is -2.73. The van der Waals surface area contributed by atoms with Gasteiger partial charge in [0.15, 0.2) is 5.82 Å². The van der Waals surface area contributed by atoms with Crippen molar-refractivity contribution in [3.05, 3.63) is 48.3 Å². The standard InChI is InChI=1S/C19H21FN4O/c1-3-21-11-12(2)22-18-14-6-4-5-7-16(14)23-19(24-18)15-10-13(20)8-9-17(15)25/h4-10,12,21,25H,3,11H2,1-2H3,(H,22,23,24). The Kier molecular flexibility index (Phi) is 5.09. The van der Waals surface area contributed by atoms with Crippen molar-refractivity contribution >= 4 is 16.7 Å². The number of aromatic nitrogens is 2. The molecule has 0 saturated heterocycles. The maximum Gasteiger partial charge on any atom is 0.165 e. The van der Waals surface area contributed by atoms with Gasteiger partial charge in [-0.1, -0.05) is 19.1 Å². The molecular formula is C19H21FN4O. The number of hydrogen-bond acceptors (Lipinski definition) is 5. The van der Waals surface area contributed by atoms with Gasteiger partial charge in [0.05, 0.1) is 11.1 Å². The number of hydrogen-bond donors (Lipinski definition) is 3. The van der Waals surface area contributed by atoms with E-state index in [1.165, 1.54) is 18.2 Å². The fraction of sp³-hybridized carbons (Fsp3) is 0.263. The Balaban J connectivity index is 2.07. The molecule has 0 radical (unpaired) electrons. The number of nitrogens with zero attached hydrogens (tertiary/aromatic N) is 2. The molecule has 0 saturated carbocycles. The molecule has 0 aliphatic heterocycles. The highest BCUT2D eigenvalue weighted by Crippen LogP contribution is 2.30. The molecule has 3 N–H and O–H groups in total. The smallest absolute Gasteiger partial charge is 0.165 e. The minimum atomic E-state index is -0.445. The first-order chi connectivity index (χ1) is 12.1. The Bertz CT molecular complexity index is 884. The number of para-hydroxylation sites is 1. The van der Waals surface area contributed by atoms with E-state index >= 15 is 0 Å². The lowest BCUT2D eigenvalue weighted by Crippen LogP contribution is -2.30. The van der Waals surface area contributed by atoms with Gasteiger partial charge >= 0.3 is 0 Å². The second-order valence-electron chi connectivity index (χ2n) is 5.93. The molecule has 0 amide bonds. The highest BCUT2D eigenvalue weighted by Gasteiger charge is 2.14. The van der Waals surface area contributed by atoms with Gasteiger partial charge in [0.2, 0.25) is 0 Å². The van der Waals surface area contributed by atoms with E-state index in [-0.39, 0.29) is 23.2 Å². The fourth-order valence-corrected chi connectivity index (χ4v) is 2.64. The van der Waals surface area contributed by atoms with Crippen LogP contribution >= 0.6 is 0 Å². The lowest BCUT2D eigenvalue weighted by Gasteiger charge is -2.17. The van der Waals surface area contributed by atoms with Crippen LogP contribution in [-0.2, 0) is 0 Å². The largest absolute Gasteiger partial charge is 0.507 e. The van der Waals surface area contributed by atoms with Crippen LogP contribution in [0.25, 0.3) is 22.3 Å². The minimum Gasteiger partial charge on any atom is -0.507 e. The van der Waals surface area contributed by atoms with Gasteiger partial charge < -0.3 is 15.7 Å². The van der Waals surface area contributed by atoms with E-state index in [0.717, 1.165) is 24.0 Å². The number of benzene rings is 2. The van der Waals surface area contributed by atoms with Crippen LogP contribution in [0.5, 0.6) is 5.75 Å². The summed E-state index contributed by atoms with van der Waals surface area (Å²) in [6.07, 6.45) is 0. The molecule has 1 aromatic heterocycles. The number of likely N-dealkylation sites (N-methyl/N-ethyl adjacent to an activating group) is 1. The number of phenolic OH excluding ortho intramolecular Hbond substituents is 1. The molecule has 5 nitrogen and oxygen atoms in total. The van der Waals surface area contributed by atoms with Crippen molar-refractivity contribution in [2.24, 2.45) is 0 Å². The zero-order chi connectivity index (χ0) is 17.8. The summed E-state index contributed by atoms with van der Waals surface area (Å²) < 4.78 is 13.6. The molecule has 1 atom stereocenters.